The minimum absolute atomic E-state index is 0.747. The molecule has 0 atom stereocenters. The molecule has 0 aliphatic carbocycles. The first-order valence-corrected chi connectivity index (χ1v) is 8.43. The summed E-state index contributed by atoms with van der Waals surface area (Å²) in [7, 11) is 0. The molecular weight excluding hydrogens is 326 g/mol. The number of aromatic amines is 1. The standard InChI is InChI=1S/C19H19N7/c1-13-3-2-4-14(7-13)26-19-16-10-22-18(8-17(16)24-12-25-19)21-6-5-15-9-20-11-23-15/h2-4,7-12H,5-6H2,1H3,(H,20,23)(H,21,22)(H,24,25,26). The average Bonchev–Trinajstić information content (AvgIpc) is 3.15. The number of anilines is 3. The van der Waals surface area contributed by atoms with Crippen LogP contribution < -0.4 is 10.6 Å². The van der Waals surface area contributed by atoms with Crippen LogP contribution in [0, 0.1) is 6.92 Å². The Morgan fingerprint density at radius 1 is 1.08 bits per heavy atom. The second kappa shape index (κ2) is 7.18. The van der Waals surface area contributed by atoms with Crippen molar-refractivity contribution in [3.05, 3.63) is 66.6 Å². The molecule has 0 saturated heterocycles. The first-order valence-electron chi connectivity index (χ1n) is 8.43. The number of nitrogens with one attached hydrogen (secondary N) is 3. The van der Waals surface area contributed by atoms with Gasteiger partial charge in [0.25, 0.3) is 0 Å². The van der Waals surface area contributed by atoms with E-state index in [1.54, 1.807) is 18.9 Å². The van der Waals surface area contributed by atoms with E-state index in [0.717, 1.165) is 46.9 Å². The van der Waals surface area contributed by atoms with Crippen LogP contribution in [0.3, 0.4) is 0 Å². The Bertz CT molecular complexity index is 1010. The number of aromatic nitrogens is 5. The number of imidazole rings is 1. The molecule has 0 fully saturated rings. The number of pyridine rings is 1. The highest BCUT2D eigenvalue weighted by molar-refractivity contribution is 5.91. The van der Waals surface area contributed by atoms with E-state index < -0.39 is 0 Å². The molecule has 3 N–H and O–H groups in total. The van der Waals surface area contributed by atoms with Gasteiger partial charge in [0, 0.05) is 42.8 Å². The van der Waals surface area contributed by atoms with Gasteiger partial charge in [0.2, 0.25) is 0 Å². The molecule has 0 unspecified atom stereocenters. The molecule has 3 heterocycles. The van der Waals surface area contributed by atoms with Crippen molar-refractivity contribution >= 4 is 28.2 Å². The topological polar surface area (TPSA) is 91.4 Å². The van der Waals surface area contributed by atoms with Crippen molar-refractivity contribution in [1.29, 1.82) is 0 Å². The van der Waals surface area contributed by atoms with Crippen LogP contribution in [0.4, 0.5) is 17.3 Å². The molecule has 0 spiro atoms. The van der Waals surface area contributed by atoms with E-state index in [1.165, 1.54) is 5.56 Å². The zero-order chi connectivity index (χ0) is 17.8. The van der Waals surface area contributed by atoms with Crippen LogP contribution in [0.15, 0.2) is 55.4 Å². The minimum Gasteiger partial charge on any atom is -0.370 e. The highest BCUT2D eigenvalue weighted by Gasteiger charge is 2.06. The highest BCUT2D eigenvalue weighted by Crippen LogP contribution is 2.24. The van der Waals surface area contributed by atoms with Gasteiger partial charge in [-0.3, -0.25) is 0 Å². The van der Waals surface area contributed by atoms with Gasteiger partial charge >= 0.3 is 0 Å². The lowest BCUT2D eigenvalue weighted by Gasteiger charge is -2.10. The van der Waals surface area contributed by atoms with Crippen LogP contribution in [0.2, 0.25) is 0 Å². The number of benzene rings is 1. The zero-order valence-corrected chi connectivity index (χ0v) is 14.4. The van der Waals surface area contributed by atoms with Crippen molar-refractivity contribution in [2.24, 2.45) is 0 Å². The van der Waals surface area contributed by atoms with Gasteiger partial charge < -0.3 is 15.6 Å². The Morgan fingerprint density at radius 3 is 2.88 bits per heavy atom. The summed E-state index contributed by atoms with van der Waals surface area (Å²) in [5.74, 6) is 1.54. The first kappa shape index (κ1) is 16.0. The molecule has 4 aromatic rings. The van der Waals surface area contributed by atoms with E-state index in [9.17, 15) is 0 Å². The third-order valence-corrected chi connectivity index (χ3v) is 4.06. The summed E-state index contributed by atoms with van der Waals surface area (Å²) in [6.07, 6.45) is 7.72. The van der Waals surface area contributed by atoms with Gasteiger partial charge in [-0.15, -0.1) is 0 Å². The fourth-order valence-electron chi connectivity index (χ4n) is 2.75. The maximum Gasteiger partial charge on any atom is 0.143 e. The highest BCUT2D eigenvalue weighted by atomic mass is 15.0. The molecule has 26 heavy (non-hydrogen) atoms. The van der Waals surface area contributed by atoms with Gasteiger partial charge in [0.15, 0.2) is 0 Å². The maximum atomic E-state index is 4.49. The van der Waals surface area contributed by atoms with Crippen molar-refractivity contribution in [3.8, 4) is 0 Å². The molecule has 4 rings (SSSR count). The van der Waals surface area contributed by atoms with Crippen LogP contribution >= 0.6 is 0 Å². The predicted octanol–water partition coefficient (Wildman–Crippen LogP) is 3.45. The van der Waals surface area contributed by atoms with E-state index in [4.69, 9.17) is 0 Å². The number of hydrogen-bond acceptors (Lipinski definition) is 6. The number of hydrogen-bond donors (Lipinski definition) is 3. The molecule has 7 nitrogen and oxygen atoms in total. The largest absolute Gasteiger partial charge is 0.370 e. The van der Waals surface area contributed by atoms with Gasteiger partial charge in [-0.1, -0.05) is 12.1 Å². The molecule has 130 valence electrons. The lowest BCUT2D eigenvalue weighted by molar-refractivity contribution is 0.968. The van der Waals surface area contributed by atoms with Gasteiger partial charge in [0.05, 0.1) is 17.2 Å². The third kappa shape index (κ3) is 3.61. The van der Waals surface area contributed by atoms with Gasteiger partial charge in [-0.05, 0) is 24.6 Å². The Kier molecular flexibility index (Phi) is 4.42. The zero-order valence-electron chi connectivity index (χ0n) is 14.4. The Hall–Kier alpha value is -3.48. The van der Waals surface area contributed by atoms with Crippen molar-refractivity contribution in [1.82, 2.24) is 24.9 Å². The fourth-order valence-corrected chi connectivity index (χ4v) is 2.75. The summed E-state index contributed by atoms with van der Waals surface area (Å²) in [6.45, 7) is 2.83. The predicted molar refractivity (Wildman–Crippen MR) is 103 cm³/mol. The van der Waals surface area contributed by atoms with Crippen LogP contribution in [-0.4, -0.2) is 31.5 Å². The van der Waals surface area contributed by atoms with Gasteiger partial charge in [0.1, 0.15) is 18.0 Å². The van der Waals surface area contributed by atoms with Gasteiger partial charge in [-0.2, -0.15) is 0 Å². The molecule has 7 heteroatoms. The molecular formula is C19H19N7. The van der Waals surface area contributed by atoms with Crippen molar-refractivity contribution in [3.63, 3.8) is 0 Å². The van der Waals surface area contributed by atoms with Crippen molar-refractivity contribution < 1.29 is 0 Å². The normalized spacial score (nSPS) is 10.8. The molecule has 0 radical (unpaired) electrons. The maximum absolute atomic E-state index is 4.49. The summed E-state index contributed by atoms with van der Waals surface area (Å²) < 4.78 is 0. The molecule has 1 aromatic carbocycles. The first-order chi connectivity index (χ1) is 12.8. The number of aryl methyl sites for hydroxylation is 1. The lowest BCUT2D eigenvalue weighted by atomic mass is 10.2. The van der Waals surface area contributed by atoms with E-state index in [2.05, 4.69) is 54.6 Å². The number of fused-ring (bicyclic) bond motifs is 1. The van der Waals surface area contributed by atoms with Crippen molar-refractivity contribution in [2.75, 3.05) is 17.2 Å². The van der Waals surface area contributed by atoms with Crippen LogP contribution in [-0.2, 0) is 6.42 Å². The second-order valence-electron chi connectivity index (χ2n) is 6.06. The SMILES string of the molecule is Cc1cccc(Nc2ncnc3cc(NCCc4cnc[nH]4)ncc23)c1. The van der Waals surface area contributed by atoms with E-state index >= 15 is 0 Å². The van der Waals surface area contributed by atoms with E-state index in [-0.39, 0.29) is 0 Å². The Labute approximate surface area is 151 Å². The quantitative estimate of drug-likeness (QED) is 0.496. The second-order valence-corrected chi connectivity index (χ2v) is 6.06. The Morgan fingerprint density at radius 2 is 2.04 bits per heavy atom. The van der Waals surface area contributed by atoms with Crippen LogP contribution in [0.25, 0.3) is 10.9 Å². The number of H-pyrrole nitrogens is 1. The summed E-state index contributed by atoms with van der Waals surface area (Å²) in [5.41, 5.74) is 4.11. The monoisotopic (exact) mass is 345 g/mol. The molecule has 0 bridgehead atoms. The Balaban J connectivity index is 1.51. The lowest BCUT2D eigenvalue weighted by Crippen LogP contribution is -2.06. The molecule has 3 aromatic heterocycles. The molecule has 0 aliphatic heterocycles. The van der Waals surface area contributed by atoms with Crippen molar-refractivity contribution in [2.45, 2.75) is 13.3 Å². The number of nitrogens with zero attached hydrogens (tertiary/aromatic N) is 4. The smallest absolute Gasteiger partial charge is 0.143 e. The summed E-state index contributed by atoms with van der Waals surface area (Å²) in [5, 5.41) is 7.54. The minimum atomic E-state index is 0.747. The fraction of sp³-hybridized carbons (Fsp3) is 0.158. The summed E-state index contributed by atoms with van der Waals surface area (Å²) in [4.78, 5) is 20.3. The van der Waals surface area contributed by atoms with E-state index in [1.807, 2.05) is 24.4 Å². The molecule has 0 aliphatic rings. The average molecular weight is 345 g/mol. The van der Waals surface area contributed by atoms with Gasteiger partial charge in [-0.25, -0.2) is 19.9 Å². The summed E-state index contributed by atoms with van der Waals surface area (Å²) in [6, 6.07) is 10.1. The molecule has 0 amide bonds. The number of rotatable bonds is 6. The van der Waals surface area contributed by atoms with Crippen LogP contribution in [0.5, 0.6) is 0 Å². The molecule has 0 saturated carbocycles. The summed E-state index contributed by atoms with van der Waals surface area (Å²) >= 11 is 0. The third-order valence-electron chi connectivity index (χ3n) is 4.06. The van der Waals surface area contributed by atoms with E-state index in [0.29, 0.717) is 0 Å². The van der Waals surface area contributed by atoms with Crippen LogP contribution in [0.1, 0.15) is 11.3 Å².